The number of benzene rings is 1. The molecule has 140 valence electrons. The van der Waals surface area contributed by atoms with Gasteiger partial charge < -0.3 is 11.1 Å². The van der Waals surface area contributed by atoms with E-state index in [-0.39, 0.29) is 5.91 Å². The van der Waals surface area contributed by atoms with Gasteiger partial charge in [-0.2, -0.15) is 5.10 Å². The van der Waals surface area contributed by atoms with Crippen LogP contribution in [-0.2, 0) is 13.1 Å². The number of fused-ring (bicyclic) bond motifs is 1. The number of carbonyl (C=O) groups excluding carboxylic acids is 1. The van der Waals surface area contributed by atoms with E-state index in [4.69, 9.17) is 5.73 Å². The summed E-state index contributed by atoms with van der Waals surface area (Å²) in [5.74, 6) is 0.100. The summed E-state index contributed by atoms with van der Waals surface area (Å²) in [6, 6.07) is 8.29. The number of likely N-dealkylation sites (tertiary alicyclic amines) is 1. The van der Waals surface area contributed by atoms with Crippen LogP contribution in [0.2, 0.25) is 0 Å². The second-order valence-corrected chi connectivity index (χ2v) is 6.95. The predicted octanol–water partition coefficient (Wildman–Crippen LogP) is 2.23. The van der Waals surface area contributed by atoms with Gasteiger partial charge in [-0.15, -0.1) is 0 Å². The first kappa shape index (κ1) is 17.5. The number of aromatic nitrogens is 3. The van der Waals surface area contributed by atoms with E-state index < -0.39 is 0 Å². The molecule has 1 aromatic carbocycles. The molecule has 4 rings (SSSR count). The Balaban J connectivity index is 1.47. The highest BCUT2D eigenvalue weighted by atomic mass is 16.1. The Hall–Kier alpha value is -2.93. The molecule has 1 amide bonds. The maximum Gasteiger partial charge on any atom is 0.255 e. The van der Waals surface area contributed by atoms with Gasteiger partial charge in [-0.05, 0) is 37.1 Å². The Labute approximate surface area is 158 Å². The number of piperidine rings is 1. The molecule has 7 nitrogen and oxygen atoms in total. The molecular formula is C20H24N6O. The Kier molecular flexibility index (Phi) is 5.02. The lowest BCUT2D eigenvalue weighted by Gasteiger charge is -2.27. The molecule has 2 aromatic heterocycles. The molecule has 0 aliphatic carbocycles. The monoisotopic (exact) mass is 364 g/mol. The smallest absolute Gasteiger partial charge is 0.255 e. The Bertz CT molecular complexity index is 945. The van der Waals surface area contributed by atoms with Gasteiger partial charge in [-0.1, -0.05) is 30.7 Å². The average Bonchev–Trinajstić information content (AvgIpc) is 3.14. The zero-order valence-electron chi connectivity index (χ0n) is 15.3. The zero-order valence-corrected chi connectivity index (χ0v) is 15.3. The summed E-state index contributed by atoms with van der Waals surface area (Å²) in [5, 5.41) is 7.18. The highest BCUT2D eigenvalue weighted by molar-refractivity contribution is 6.02. The van der Waals surface area contributed by atoms with Crippen LogP contribution in [0.5, 0.6) is 0 Å². The zero-order chi connectivity index (χ0) is 18.6. The van der Waals surface area contributed by atoms with Crippen molar-refractivity contribution in [2.45, 2.75) is 32.4 Å². The predicted molar refractivity (Wildman–Crippen MR) is 104 cm³/mol. The largest absolute Gasteiger partial charge is 0.382 e. The minimum Gasteiger partial charge on any atom is -0.382 e. The molecule has 1 aliphatic rings. The molecule has 0 bridgehead atoms. The fourth-order valence-corrected chi connectivity index (χ4v) is 3.65. The molecular weight excluding hydrogens is 340 g/mol. The van der Waals surface area contributed by atoms with Gasteiger partial charge in [0.1, 0.15) is 11.3 Å². The van der Waals surface area contributed by atoms with E-state index in [1.165, 1.54) is 31.0 Å². The van der Waals surface area contributed by atoms with Crippen molar-refractivity contribution in [3.63, 3.8) is 0 Å². The second-order valence-electron chi connectivity index (χ2n) is 6.95. The summed E-state index contributed by atoms with van der Waals surface area (Å²) in [6.45, 7) is 3.70. The van der Waals surface area contributed by atoms with Crippen LogP contribution in [0.25, 0.3) is 5.52 Å². The summed E-state index contributed by atoms with van der Waals surface area (Å²) in [6.07, 6.45) is 8.63. The molecule has 0 unspecified atom stereocenters. The van der Waals surface area contributed by atoms with E-state index in [1.54, 1.807) is 16.9 Å². The lowest BCUT2D eigenvalue weighted by Crippen LogP contribution is -2.30. The van der Waals surface area contributed by atoms with Crippen LogP contribution >= 0.6 is 0 Å². The Morgan fingerprint density at radius 1 is 1.15 bits per heavy atom. The summed E-state index contributed by atoms with van der Waals surface area (Å²) in [7, 11) is 0. The number of amides is 1. The number of nitrogens with zero attached hydrogens (tertiary/aromatic N) is 4. The summed E-state index contributed by atoms with van der Waals surface area (Å²) < 4.78 is 1.57. The van der Waals surface area contributed by atoms with Crippen LogP contribution < -0.4 is 11.1 Å². The topological polar surface area (TPSA) is 88.5 Å². The van der Waals surface area contributed by atoms with Crippen molar-refractivity contribution in [3.8, 4) is 0 Å². The second kappa shape index (κ2) is 7.75. The highest BCUT2D eigenvalue weighted by Gasteiger charge is 2.16. The number of anilines is 1. The third kappa shape index (κ3) is 3.78. The van der Waals surface area contributed by atoms with Gasteiger partial charge in [0.25, 0.3) is 5.91 Å². The number of nitrogen functional groups attached to an aromatic ring is 1. The van der Waals surface area contributed by atoms with Crippen molar-refractivity contribution in [2.75, 3.05) is 18.8 Å². The molecule has 0 saturated carbocycles. The van der Waals surface area contributed by atoms with E-state index in [9.17, 15) is 4.79 Å². The summed E-state index contributed by atoms with van der Waals surface area (Å²) in [5.41, 5.74) is 9.30. The van der Waals surface area contributed by atoms with Crippen molar-refractivity contribution in [2.24, 2.45) is 0 Å². The van der Waals surface area contributed by atoms with Crippen molar-refractivity contribution in [1.82, 2.24) is 24.8 Å². The van der Waals surface area contributed by atoms with E-state index in [2.05, 4.69) is 38.5 Å². The summed E-state index contributed by atoms with van der Waals surface area (Å²) in [4.78, 5) is 19.2. The standard InChI is InChI=1S/C20H24N6O/c21-19-18-17(13-24-26(18)11-8-22-19)20(27)23-12-15-6-2-3-7-16(15)14-25-9-4-1-5-10-25/h2-3,6-8,11,13H,1,4-5,9-10,12,14H2,(H2,21,22)(H,23,27). The van der Waals surface area contributed by atoms with Crippen molar-refractivity contribution < 1.29 is 4.79 Å². The van der Waals surface area contributed by atoms with Crippen LogP contribution in [-0.4, -0.2) is 38.5 Å². The van der Waals surface area contributed by atoms with Gasteiger partial charge in [0.2, 0.25) is 0 Å². The van der Waals surface area contributed by atoms with Crippen molar-refractivity contribution in [1.29, 1.82) is 0 Å². The van der Waals surface area contributed by atoms with Crippen LogP contribution in [0.3, 0.4) is 0 Å². The minimum atomic E-state index is -0.197. The van der Waals surface area contributed by atoms with Gasteiger partial charge in [-0.3, -0.25) is 9.69 Å². The van der Waals surface area contributed by atoms with E-state index >= 15 is 0 Å². The molecule has 3 N–H and O–H groups in total. The molecule has 0 atom stereocenters. The number of nitrogens with one attached hydrogen (secondary N) is 1. The first-order valence-electron chi connectivity index (χ1n) is 9.37. The number of hydrogen-bond acceptors (Lipinski definition) is 5. The SMILES string of the molecule is Nc1nccn2ncc(C(=O)NCc3ccccc3CN3CCCCC3)c12. The fourth-order valence-electron chi connectivity index (χ4n) is 3.65. The molecule has 1 saturated heterocycles. The Morgan fingerprint density at radius 3 is 2.74 bits per heavy atom. The van der Waals surface area contributed by atoms with E-state index in [0.29, 0.717) is 23.4 Å². The van der Waals surface area contributed by atoms with E-state index in [1.807, 2.05) is 6.07 Å². The molecule has 1 aliphatic heterocycles. The fraction of sp³-hybridized carbons (Fsp3) is 0.350. The van der Waals surface area contributed by atoms with Gasteiger partial charge in [-0.25, -0.2) is 9.50 Å². The molecule has 3 aromatic rings. The average molecular weight is 364 g/mol. The first-order valence-corrected chi connectivity index (χ1v) is 9.37. The lowest BCUT2D eigenvalue weighted by atomic mass is 10.0. The number of nitrogens with two attached hydrogens (primary N) is 1. The van der Waals surface area contributed by atoms with Crippen molar-refractivity contribution >= 4 is 17.2 Å². The van der Waals surface area contributed by atoms with E-state index in [0.717, 1.165) is 25.2 Å². The molecule has 0 spiro atoms. The van der Waals surface area contributed by atoms with Crippen LogP contribution in [0.4, 0.5) is 5.82 Å². The summed E-state index contributed by atoms with van der Waals surface area (Å²) >= 11 is 0. The van der Waals surface area contributed by atoms with Gasteiger partial charge in [0.15, 0.2) is 0 Å². The van der Waals surface area contributed by atoms with Crippen LogP contribution in [0.15, 0.2) is 42.9 Å². The minimum absolute atomic E-state index is 0.197. The van der Waals surface area contributed by atoms with Crippen molar-refractivity contribution in [3.05, 3.63) is 59.5 Å². The maximum absolute atomic E-state index is 12.7. The molecule has 3 heterocycles. The molecule has 7 heteroatoms. The number of rotatable bonds is 5. The third-order valence-electron chi connectivity index (χ3n) is 5.10. The van der Waals surface area contributed by atoms with Crippen LogP contribution in [0, 0.1) is 0 Å². The molecule has 1 fully saturated rings. The first-order chi connectivity index (χ1) is 13.2. The normalized spacial score (nSPS) is 15.1. The number of hydrogen-bond donors (Lipinski definition) is 2. The maximum atomic E-state index is 12.7. The number of carbonyl (C=O) groups is 1. The van der Waals surface area contributed by atoms with Gasteiger partial charge in [0, 0.05) is 25.5 Å². The third-order valence-corrected chi connectivity index (χ3v) is 5.10. The quantitative estimate of drug-likeness (QED) is 0.725. The Morgan fingerprint density at radius 2 is 1.93 bits per heavy atom. The molecule has 27 heavy (non-hydrogen) atoms. The molecule has 0 radical (unpaired) electrons. The highest BCUT2D eigenvalue weighted by Crippen LogP contribution is 2.18. The van der Waals surface area contributed by atoms with Gasteiger partial charge in [0.05, 0.1) is 11.8 Å². The lowest BCUT2D eigenvalue weighted by molar-refractivity contribution is 0.0952. The van der Waals surface area contributed by atoms with Gasteiger partial charge >= 0.3 is 0 Å². The van der Waals surface area contributed by atoms with Crippen LogP contribution in [0.1, 0.15) is 40.7 Å².